The number of rotatable bonds is 5. The summed E-state index contributed by atoms with van der Waals surface area (Å²) >= 11 is 0. The van der Waals surface area contributed by atoms with Crippen molar-refractivity contribution in [1.82, 2.24) is 15.5 Å². The van der Waals surface area contributed by atoms with E-state index in [0.29, 0.717) is 30.1 Å². The molecular formula is C18H20N4O5. The van der Waals surface area contributed by atoms with Crippen LogP contribution in [0.3, 0.4) is 0 Å². The van der Waals surface area contributed by atoms with Gasteiger partial charge < -0.3 is 24.2 Å². The molecule has 1 fully saturated rings. The van der Waals surface area contributed by atoms with Gasteiger partial charge in [0.25, 0.3) is 5.91 Å². The van der Waals surface area contributed by atoms with E-state index in [9.17, 15) is 9.59 Å². The Kier molecular flexibility index (Phi) is 4.76. The van der Waals surface area contributed by atoms with Crippen LogP contribution in [0, 0.1) is 0 Å². The lowest BCUT2D eigenvalue weighted by Crippen LogP contribution is -2.38. The van der Waals surface area contributed by atoms with Crippen LogP contribution in [-0.4, -0.2) is 54.4 Å². The minimum atomic E-state index is -0.429. The summed E-state index contributed by atoms with van der Waals surface area (Å²) < 4.78 is 16.1. The second kappa shape index (κ2) is 7.36. The molecule has 1 unspecified atom stereocenters. The third kappa shape index (κ3) is 3.50. The third-order valence-corrected chi connectivity index (χ3v) is 4.61. The van der Waals surface area contributed by atoms with E-state index >= 15 is 0 Å². The van der Waals surface area contributed by atoms with E-state index in [-0.39, 0.29) is 30.3 Å². The molecule has 9 nitrogen and oxygen atoms in total. The van der Waals surface area contributed by atoms with Gasteiger partial charge in [-0.3, -0.25) is 9.59 Å². The highest BCUT2D eigenvalue weighted by atomic mass is 16.5. The van der Waals surface area contributed by atoms with Gasteiger partial charge in [-0.2, -0.15) is 4.98 Å². The van der Waals surface area contributed by atoms with Crippen LogP contribution in [0.4, 0.5) is 5.69 Å². The first kappa shape index (κ1) is 17.5. The van der Waals surface area contributed by atoms with Gasteiger partial charge in [-0.1, -0.05) is 5.16 Å². The molecule has 1 N–H and O–H groups in total. The molecule has 2 aliphatic rings. The average molecular weight is 372 g/mol. The lowest BCUT2D eigenvalue weighted by atomic mass is 10.1. The molecule has 142 valence electrons. The first-order valence-electron chi connectivity index (χ1n) is 8.97. The van der Waals surface area contributed by atoms with Gasteiger partial charge in [0, 0.05) is 25.3 Å². The van der Waals surface area contributed by atoms with Crippen molar-refractivity contribution in [1.29, 1.82) is 0 Å². The van der Waals surface area contributed by atoms with Crippen molar-refractivity contribution in [3.05, 3.63) is 24.1 Å². The van der Waals surface area contributed by atoms with Crippen LogP contribution in [0.15, 0.2) is 22.7 Å². The van der Waals surface area contributed by atoms with Gasteiger partial charge in [0.15, 0.2) is 6.61 Å². The van der Waals surface area contributed by atoms with Crippen LogP contribution in [0.5, 0.6) is 5.75 Å². The minimum Gasteiger partial charge on any atom is -0.482 e. The fourth-order valence-electron chi connectivity index (χ4n) is 3.21. The maximum absolute atomic E-state index is 12.2. The number of fused-ring (bicyclic) bond motifs is 1. The molecule has 4 rings (SSSR count). The Bertz CT molecular complexity index is 859. The Morgan fingerprint density at radius 2 is 2.30 bits per heavy atom. The molecular weight excluding hydrogens is 352 g/mol. The average Bonchev–Trinajstić information content (AvgIpc) is 3.38. The number of carbonyl (C=O) groups is 2. The Morgan fingerprint density at radius 3 is 3.07 bits per heavy atom. The van der Waals surface area contributed by atoms with Crippen LogP contribution < -0.4 is 15.0 Å². The summed E-state index contributed by atoms with van der Waals surface area (Å²) in [6.45, 7) is 3.61. The van der Waals surface area contributed by atoms with E-state index < -0.39 is 5.91 Å². The van der Waals surface area contributed by atoms with Crippen LogP contribution in [0.1, 0.15) is 30.5 Å². The van der Waals surface area contributed by atoms with Crippen molar-refractivity contribution >= 4 is 17.5 Å². The van der Waals surface area contributed by atoms with E-state index in [1.807, 2.05) is 6.92 Å². The summed E-state index contributed by atoms with van der Waals surface area (Å²) in [6, 6.07) is 5.28. The van der Waals surface area contributed by atoms with E-state index in [1.54, 1.807) is 23.1 Å². The van der Waals surface area contributed by atoms with Gasteiger partial charge in [-0.05, 0) is 38.0 Å². The second-order valence-electron chi connectivity index (χ2n) is 6.38. The largest absolute Gasteiger partial charge is 0.482 e. The monoisotopic (exact) mass is 372 g/mol. The first-order chi connectivity index (χ1) is 13.2. The molecule has 0 radical (unpaired) electrons. The molecule has 2 aliphatic heterocycles. The van der Waals surface area contributed by atoms with Crippen molar-refractivity contribution in [2.75, 3.05) is 31.2 Å². The van der Waals surface area contributed by atoms with Crippen LogP contribution in [-0.2, 0) is 9.53 Å². The summed E-state index contributed by atoms with van der Waals surface area (Å²) in [6.07, 6.45) is 1.98. The number of hydrogen-bond donors (Lipinski definition) is 1. The van der Waals surface area contributed by atoms with Gasteiger partial charge in [0.1, 0.15) is 5.75 Å². The number of nitrogens with one attached hydrogen (secondary N) is 1. The van der Waals surface area contributed by atoms with Crippen molar-refractivity contribution in [2.45, 2.75) is 25.9 Å². The number of hydrogen-bond acceptors (Lipinski definition) is 7. The number of amides is 2. The zero-order valence-corrected chi connectivity index (χ0v) is 14.9. The Labute approximate surface area is 155 Å². The number of anilines is 1. The fourth-order valence-corrected chi connectivity index (χ4v) is 3.21. The summed E-state index contributed by atoms with van der Waals surface area (Å²) in [4.78, 5) is 29.9. The highest BCUT2D eigenvalue weighted by Gasteiger charge is 2.25. The lowest BCUT2D eigenvalue weighted by Gasteiger charge is -2.28. The fraction of sp³-hybridized carbons (Fsp3) is 0.444. The maximum atomic E-state index is 12.2. The van der Waals surface area contributed by atoms with Gasteiger partial charge in [-0.15, -0.1) is 0 Å². The van der Waals surface area contributed by atoms with E-state index in [4.69, 9.17) is 14.0 Å². The molecule has 0 saturated carbocycles. The van der Waals surface area contributed by atoms with E-state index in [0.717, 1.165) is 19.4 Å². The molecule has 0 spiro atoms. The first-order valence-corrected chi connectivity index (χ1v) is 8.97. The molecule has 0 bridgehead atoms. The molecule has 9 heteroatoms. The smallest absolute Gasteiger partial charge is 0.316 e. The van der Waals surface area contributed by atoms with Gasteiger partial charge >= 0.3 is 11.8 Å². The van der Waals surface area contributed by atoms with Crippen molar-refractivity contribution in [3.8, 4) is 17.1 Å². The Balaban J connectivity index is 1.48. The third-order valence-electron chi connectivity index (χ3n) is 4.61. The number of aromatic nitrogens is 2. The second-order valence-corrected chi connectivity index (χ2v) is 6.38. The standard InChI is InChI=1S/C18H20N4O5/c1-2-22-13-6-5-11(8-14(13)26-10-15(22)23)16-20-18(27-21-16)17(24)19-9-12-4-3-7-25-12/h5-6,8,12H,2-4,7,9-10H2,1H3,(H,19,24). The molecule has 27 heavy (non-hydrogen) atoms. The molecule has 1 aromatic carbocycles. The quantitative estimate of drug-likeness (QED) is 0.845. The van der Waals surface area contributed by atoms with Gasteiger partial charge in [0.05, 0.1) is 11.8 Å². The van der Waals surface area contributed by atoms with E-state index in [2.05, 4.69) is 15.5 Å². The Hall–Kier alpha value is -2.94. The van der Waals surface area contributed by atoms with Crippen LogP contribution in [0.2, 0.25) is 0 Å². The van der Waals surface area contributed by atoms with Crippen molar-refractivity contribution in [3.63, 3.8) is 0 Å². The van der Waals surface area contributed by atoms with Crippen LogP contribution >= 0.6 is 0 Å². The summed E-state index contributed by atoms with van der Waals surface area (Å²) in [7, 11) is 0. The van der Waals surface area contributed by atoms with Crippen molar-refractivity contribution < 1.29 is 23.6 Å². The molecule has 3 heterocycles. The molecule has 0 aliphatic carbocycles. The summed E-state index contributed by atoms with van der Waals surface area (Å²) in [5.41, 5.74) is 1.34. The zero-order chi connectivity index (χ0) is 18.8. The number of likely N-dealkylation sites (N-methyl/N-ethyl adjacent to an activating group) is 1. The number of nitrogens with zero attached hydrogens (tertiary/aromatic N) is 3. The van der Waals surface area contributed by atoms with Crippen molar-refractivity contribution in [2.24, 2.45) is 0 Å². The highest BCUT2D eigenvalue weighted by Crippen LogP contribution is 2.35. The number of carbonyl (C=O) groups excluding carboxylic acids is 2. The lowest BCUT2D eigenvalue weighted by molar-refractivity contribution is -0.121. The molecule has 1 atom stereocenters. The summed E-state index contributed by atoms with van der Waals surface area (Å²) in [5.74, 6) is 0.238. The molecule has 2 amide bonds. The molecule has 2 aromatic rings. The normalized spacial score (nSPS) is 18.9. The SMILES string of the molecule is CCN1C(=O)COc2cc(-c3noc(C(=O)NCC4CCCO4)n3)ccc21. The number of benzene rings is 1. The van der Waals surface area contributed by atoms with Gasteiger partial charge in [0.2, 0.25) is 5.82 Å². The zero-order valence-electron chi connectivity index (χ0n) is 14.9. The Morgan fingerprint density at radius 1 is 1.41 bits per heavy atom. The molecule has 1 aromatic heterocycles. The predicted octanol–water partition coefficient (Wildman–Crippen LogP) is 1.39. The predicted molar refractivity (Wildman–Crippen MR) is 94.6 cm³/mol. The maximum Gasteiger partial charge on any atom is 0.316 e. The minimum absolute atomic E-state index is 0.00652. The highest BCUT2D eigenvalue weighted by molar-refractivity contribution is 5.98. The summed E-state index contributed by atoms with van der Waals surface area (Å²) in [5, 5.41) is 6.62. The van der Waals surface area contributed by atoms with Crippen LogP contribution in [0.25, 0.3) is 11.4 Å². The van der Waals surface area contributed by atoms with E-state index in [1.165, 1.54) is 0 Å². The molecule has 1 saturated heterocycles. The topological polar surface area (TPSA) is 107 Å². The number of ether oxygens (including phenoxy) is 2. The van der Waals surface area contributed by atoms with Gasteiger partial charge in [-0.25, -0.2) is 0 Å².